The summed E-state index contributed by atoms with van der Waals surface area (Å²) in [6.07, 6.45) is 0. The third-order valence-corrected chi connectivity index (χ3v) is 5.60. The summed E-state index contributed by atoms with van der Waals surface area (Å²) in [4.78, 5) is 0.955. The largest absolute Gasteiger partial charge is 0.362 e. The third-order valence-electron chi connectivity index (χ3n) is 3.89. The summed E-state index contributed by atoms with van der Waals surface area (Å²) in [5, 5.41) is 4.48. The zero-order valence-electron chi connectivity index (χ0n) is 11.8. The predicted octanol–water partition coefficient (Wildman–Crippen LogP) is 5.76. The summed E-state index contributed by atoms with van der Waals surface area (Å²) in [5.41, 5.74) is 3.61. The SMILES string of the molecule is Clc1ccc([C@]2(c3ccccc3)Nc3ccccc3S2)cc1. The van der Waals surface area contributed by atoms with E-state index in [-0.39, 0.29) is 4.87 Å². The number of hydrogen-bond donors (Lipinski definition) is 1. The maximum Gasteiger partial charge on any atom is 0.140 e. The first-order chi connectivity index (χ1) is 10.8. The van der Waals surface area contributed by atoms with Crippen molar-refractivity contribution in [3.8, 4) is 0 Å². The van der Waals surface area contributed by atoms with Crippen LogP contribution < -0.4 is 5.32 Å². The van der Waals surface area contributed by atoms with E-state index in [1.54, 1.807) is 0 Å². The first kappa shape index (κ1) is 13.7. The molecule has 0 fully saturated rings. The average molecular weight is 324 g/mol. The van der Waals surface area contributed by atoms with Gasteiger partial charge in [-0.3, -0.25) is 0 Å². The number of rotatable bonds is 2. The highest BCUT2D eigenvalue weighted by Crippen LogP contribution is 2.54. The summed E-state index contributed by atoms with van der Waals surface area (Å²) in [7, 11) is 0. The van der Waals surface area contributed by atoms with Gasteiger partial charge in [-0.2, -0.15) is 0 Å². The molecule has 0 spiro atoms. The van der Waals surface area contributed by atoms with Gasteiger partial charge in [-0.1, -0.05) is 78.0 Å². The van der Waals surface area contributed by atoms with Gasteiger partial charge in [0.15, 0.2) is 0 Å². The van der Waals surface area contributed by atoms with E-state index in [9.17, 15) is 0 Å². The molecule has 0 unspecified atom stereocenters. The Kier molecular flexibility index (Phi) is 3.36. The zero-order chi connectivity index (χ0) is 15.0. The lowest BCUT2D eigenvalue weighted by Gasteiger charge is -2.30. The van der Waals surface area contributed by atoms with Crippen LogP contribution in [0.5, 0.6) is 0 Å². The van der Waals surface area contributed by atoms with Crippen molar-refractivity contribution in [3.63, 3.8) is 0 Å². The lowest BCUT2D eigenvalue weighted by atomic mass is 9.97. The van der Waals surface area contributed by atoms with Crippen LogP contribution in [0.4, 0.5) is 5.69 Å². The minimum absolute atomic E-state index is 0.310. The fourth-order valence-corrected chi connectivity index (χ4v) is 4.33. The third kappa shape index (κ3) is 2.20. The molecule has 0 aliphatic carbocycles. The molecular formula is C19H14ClNS. The molecule has 3 heteroatoms. The molecule has 1 aliphatic heterocycles. The first-order valence-electron chi connectivity index (χ1n) is 7.16. The van der Waals surface area contributed by atoms with Crippen molar-refractivity contribution in [3.05, 3.63) is 95.0 Å². The molecule has 0 saturated heterocycles. The van der Waals surface area contributed by atoms with Gasteiger partial charge in [0.25, 0.3) is 0 Å². The Bertz CT molecular complexity index is 774. The van der Waals surface area contributed by atoms with Crippen molar-refractivity contribution in [2.24, 2.45) is 0 Å². The van der Waals surface area contributed by atoms with Gasteiger partial charge < -0.3 is 5.32 Å². The Hall–Kier alpha value is -1.90. The van der Waals surface area contributed by atoms with Crippen molar-refractivity contribution in [1.29, 1.82) is 0 Å². The molecule has 1 N–H and O–H groups in total. The molecular weight excluding hydrogens is 310 g/mol. The molecule has 0 bridgehead atoms. The number of halogens is 1. The number of hydrogen-bond acceptors (Lipinski definition) is 2. The van der Waals surface area contributed by atoms with Crippen molar-refractivity contribution in [1.82, 2.24) is 0 Å². The maximum atomic E-state index is 6.07. The van der Waals surface area contributed by atoms with E-state index in [2.05, 4.69) is 66.0 Å². The van der Waals surface area contributed by atoms with Gasteiger partial charge in [0.1, 0.15) is 4.87 Å². The number of fused-ring (bicyclic) bond motifs is 1. The molecule has 4 rings (SSSR count). The number of benzene rings is 3. The molecule has 0 radical (unpaired) electrons. The summed E-state index contributed by atoms with van der Waals surface area (Å²) >= 11 is 7.91. The maximum absolute atomic E-state index is 6.07. The van der Waals surface area contributed by atoms with Gasteiger partial charge in [0.2, 0.25) is 0 Å². The van der Waals surface area contributed by atoms with Crippen LogP contribution in [0.1, 0.15) is 11.1 Å². The summed E-state index contributed by atoms with van der Waals surface area (Å²) in [5.74, 6) is 0. The second-order valence-corrected chi connectivity index (χ2v) is 6.97. The van der Waals surface area contributed by atoms with E-state index >= 15 is 0 Å². The van der Waals surface area contributed by atoms with Crippen LogP contribution in [0, 0.1) is 0 Å². The average Bonchev–Trinajstić information content (AvgIpc) is 2.97. The van der Waals surface area contributed by atoms with Crippen LogP contribution in [0.2, 0.25) is 5.02 Å². The van der Waals surface area contributed by atoms with Gasteiger partial charge >= 0.3 is 0 Å². The number of para-hydroxylation sites is 1. The lowest BCUT2D eigenvalue weighted by Crippen LogP contribution is -2.29. The second kappa shape index (κ2) is 5.38. The molecule has 0 saturated carbocycles. The smallest absolute Gasteiger partial charge is 0.140 e. The quantitative estimate of drug-likeness (QED) is 0.643. The van der Waals surface area contributed by atoms with Crippen molar-refractivity contribution >= 4 is 29.1 Å². The molecule has 1 nitrogen and oxygen atoms in total. The van der Waals surface area contributed by atoms with E-state index < -0.39 is 0 Å². The Morgan fingerprint density at radius 2 is 1.36 bits per heavy atom. The van der Waals surface area contributed by atoms with Gasteiger partial charge in [-0.25, -0.2) is 0 Å². The van der Waals surface area contributed by atoms with Gasteiger partial charge in [-0.05, 0) is 35.4 Å². The summed E-state index contributed by atoms with van der Waals surface area (Å²) in [6.45, 7) is 0. The molecule has 1 heterocycles. The van der Waals surface area contributed by atoms with Gasteiger partial charge in [0.05, 0.1) is 0 Å². The molecule has 3 aromatic carbocycles. The zero-order valence-corrected chi connectivity index (χ0v) is 13.4. The van der Waals surface area contributed by atoms with Crippen LogP contribution in [0.3, 0.4) is 0 Å². The highest BCUT2D eigenvalue weighted by Gasteiger charge is 2.40. The van der Waals surface area contributed by atoms with E-state index in [0.29, 0.717) is 0 Å². The second-order valence-electron chi connectivity index (χ2n) is 5.28. The van der Waals surface area contributed by atoms with Crippen LogP contribution in [-0.4, -0.2) is 0 Å². The summed E-state index contributed by atoms with van der Waals surface area (Å²) in [6, 6.07) is 27.1. The van der Waals surface area contributed by atoms with Gasteiger partial charge in [0, 0.05) is 15.6 Å². The monoisotopic (exact) mass is 323 g/mol. The predicted molar refractivity (Wildman–Crippen MR) is 94.6 cm³/mol. The van der Waals surface area contributed by atoms with Gasteiger partial charge in [-0.15, -0.1) is 0 Å². The van der Waals surface area contributed by atoms with E-state index in [1.165, 1.54) is 21.7 Å². The normalized spacial score (nSPS) is 19.5. The van der Waals surface area contributed by atoms with Crippen LogP contribution in [0.25, 0.3) is 0 Å². The van der Waals surface area contributed by atoms with Crippen molar-refractivity contribution < 1.29 is 0 Å². The number of anilines is 1. The molecule has 0 amide bonds. The van der Waals surface area contributed by atoms with Crippen molar-refractivity contribution in [2.75, 3.05) is 5.32 Å². The van der Waals surface area contributed by atoms with Crippen molar-refractivity contribution in [2.45, 2.75) is 9.77 Å². The summed E-state index contributed by atoms with van der Waals surface area (Å²) < 4.78 is 0. The Morgan fingerprint density at radius 3 is 2.09 bits per heavy atom. The Labute approximate surface area is 139 Å². The fraction of sp³-hybridized carbons (Fsp3) is 0.0526. The Balaban J connectivity index is 1.89. The molecule has 1 atom stereocenters. The fourth-order valence-electron chi connectivity index (χ4n) is 2.83. The standard InChI is InChI=1S/C19H14ClNS/c20-16-12-10-15(11-13-16)19(14-6-2-1-3-7-14)21-17-8-4-5-9-18(17)22-19/h1-13,21H/t19-/m1/s1. The van der Waals surface area contributed by atoms with Crippen LogP contribution >= 0.6 is 23.4 Å². The van der Waals surface area contributed by atoms with Crippen LogP contribution in [0.15, 0.2) is 83.8 Å². The minimum atomic E-state index is -0.310. The van der Waals surface area contributed by atoms with E-state index in [0.717, 1.165) is 5.02 Å². The van der Waals surface area contributed by atoms with E-state index in [4.69, 9.17) is 11.6 Å². The number of thioether (sulfide) groups is 1. The molecule has 1 aliphatic rings. The lowest BCUT2D eigenvalue weighted by molar-refractivity contribution is 0.873. The number of nitrogens with one attached hydrogen (secondary N) is 1. The molecule has 3 aromatic rings. The highest BCUT2D eigenvalue weighted by molar-refractivity contribution is 8.01. The topological polar surface area (TPSA) is 12.0 Å². The highest BCUT2D eigenvalue weighted by atomic mass is 35.5. The van der Waals surface area contributed by atoms with E-state index in [1.807, 2.05) is 30.0 Å². The minimum Gasteiger partial charge on any atom is -0.362 e. The van der Waals surface area contributed by atoms with Crippen LogP contribution in [-0.2, 0) is 4.87 Å². The Morgan fingerprint density at radius 1 is 0.727 bits per heavy atom. The molecule has 0 aromatic heterocycles. The molecule has 22 heavy (non-hydrogen) atoms. The first-order valence-corrected chi connectivity index (χ1v) is 8.35. The molecule has 108 valence electrons.